The van der Waals surface area contributed by atoms with Crippen molar-refractivity contribution < 1.29 is 14.6 Å². The number of rotatable bonds is 5. The number of halogens is 1. The monoisotopic (exact) mass is 349 g/mol. The Morgan fingerprint density at radius 2 is 1.95 bits per heavy atom. The van der Waals surface area contributed by atoms with Crippen molar-refractivity contribution >= 4 is 27.8 Å². The van der Waals surface area contributed by atoms with Gasteiger partial charge in [0.15, 0.2) is 11.5 Å². The number of benzene rings is 2. The summed E-state index contributed by atoms with van der Waals surface area (Å²) in [5.74, 6) is 1.30. The molecule has 0 heterocycles. The fraction of sp³-hybridized carbons (Fsp3) is 0.188. The Balaban J connectivity index is 2.19. The van der Waals surface area contributed by atoms with Crippen molar-refractivity contribution in [1.82, 2.24) is 0 Å². The van der Waals surface area contributed by atoms with Crippen LogP contribution in [0.1, 0.15) is 12.5 Å². The quantitative estimate of drug-likeness (QED) is 0.818. The number of aliphatic imine (C=N–C) groups is 1. The van der Waals surface area contributed by atoms with Crippen molar-refractivity contribution in [3.05, 3.63) is 46.4 Å². The summed E-state index contributed by atoms with van der Waals surface area (Å²) in [7, 11) is 1.51. The Morgan fingerprint density at radius 3 is 2.57 bits per heavy atom. The number of aromatic hydroxyl groups is 1. The van der Waals surface area contributed by atoms with E-state index in [0.717, 1.165) is 17.0 Å². The highest BCUT2D eigenvalue weighted by molar-refractivity contribution is 9.10. The number of methoxy groups -OCH3 is 1. The van der Waals surface area contributed by atoms with E-state index in [4.69, 9.17) is 9.47 Å². The maximum absolute atomic E-state index is 9.76. The molecule has 1 N–H and O–H groups in total. The molecule has 2 aromatic carbocycles. The molecule has 5 heteroatoms. The highest BCUT2D eigenvalue weighted by atomic mass is 79.9. The number of nitrogens with zero attached hydrogens (tertiary/aromatic N) is 1. The molecule has 0 aliphatic rings. The molecule has 0 radical (unpaired) electrons. The van der Waals surface area contributed by atoms with Crippen LogP contribution >= 0.6 is 15.9 Å². The lowest BCUT2D eigenvalue weighted by Gasteiger charge is -2.06. The molecule has 21 heavy (non-hydrogen) atoms. The molecule has 0 saturated heterocycles. The van der Waals surface area contributed by atoms with Gasteiger partial charge >= 0.3 is 0 Å². The SMILES string of the molecule is CCOc1ccc(N=Cc2cc(Br)c(O)c(OC)c2)cc1. The van der Waals surface area contributed by atoms with E-state index in [0.29, 0.717) is 16.8 Å². The van der Waals surface area contributed by atoms with Crippen molar-refractivity contribution in [2.75, 3.05) is 13.7 Å². The van der Waals surface area contributed by atoms with Gasteiger partial charge in [0.05, 0.1) is 23.9 Å². The molecular weight excluding hydrogens is 334 g/mol. The lowest BCUT2D eigenvalue weighted by atomic mass is 10.2. The Hall–Kier alpha value is -2.01. The van der Waals surface area contributed by atoms with Crippen LogP contribution in [-0.4, -0.2) is 25.0 Å². The van der Waals surface area contributed by atoms with Crippen molar-refractivity contribution in [3.8, 4) is 17.2 Å². The average molecular weight is 350 g/mol. The van der Waals surface area contributed by atoms with Crippen LogP contribution in [0.2, 0.25) is 0 Å². The van der Waals surface area contributed by atoms with Crippen LogP contribution in [0.15, 0.2) is 45.9 Å². The van der Waals surface area contributed by atoms with Crippen LogP contribution in [-0.2, 0) is 0 Å². The fourth-order valence-corrected chi connectivity index (χ4v) is 2.23. The maximum atomic E-state index is 9.76. The highest BCUT2D eigenvalue weighted by Gasteiger charge is 2.07. The zero-order valence-electron chi connectivity index (χ0n) is 11.8. The van der Waals surface area contributed by atoms with Crippen LogP contribution in [0.5, 0.6) is 17.2 Å². The summed E-state index contributed by atoms with van der Waals surface area (Å²) in [5.41, 5.74) is 1.65. The second-order valence-corrected chi connectivity index (χ2v) is 5.09. The third-order valence-corrected chi connectivity index (χ3v) is 3.39. The summed E-state index contributed by atoms with van der Waals surface area (Å²) >= 11 is 3.28. The molecule has 0 aliphatic heterocycles. The molecule has 0 fully saturated rings. The molecule has 110 valence electrons. The first-order valence-electron chi connectivity index (χ1n) is 6.47. The Labute approximate surface area is 132 Å². The lowest BCUT2D eigenvalue weighted by molar-refractivity contribution is 0.340. The summed E-state index contributed by atoms with van der Waals surface area (Å²) in [5, 5.41) is 9.76. The van der Waals surface area contributed by atoms with Gasteiger partial charge < -0.3 is 14.6 Å². The van der Waals surface area contributed by atoms with Gasteiger partial charge in [-0.05, 0) is 64.8 Å². The molecule has 4 nitrogen and oxygen atoms in total. The van der Waals surface area contributed by atoms with E-state index in [-0.39, 0.29) is 5.75 Å². The molecule has 0 aromatic heterocycles. The molecule has 2 aromatic rings. The van der Waals surface area contributed by atoms with Crippen LogP contribution in [0.4, 0.5) is 5.69 Å². The van der Waals surface area contributed by atoms with Gasteiger partial charge in [-0.25, -0.2) is 0 Å². The number of phenols is 1. The zero-order valence-corrected chi connectivity index (χ0v) is 13.4. The van der Waals surface area contributed by atoms with Crippen LogP contribution in [0.25, 0.3) is 0 Å². The third kappa shape index (κ3) is 3.98. The van der Waals surface area contributed by atoms with Crippen molar-refractivity contribution in [1.29, 1.82) is 0 Å². The van der Waals surface area contributed by atoms with Gasteiger partial charge in [0, 0.05) is 6.21 Å². The van der Waals surface area contributed by atoms with Crippen molar-refractivity contribution in [2.24, 2.45) is 4.99 Å². The van der Waals surface area contributed by atoms with E-state index >= 15 is 0 Å². The van der Waals surface area contributed by atoms with E-state index in [1.807, 2.05) is 31.2 Å². The van der Waals surface area contributed by atoms with Gasteiger partial charge in [0.25, 0.3) is 0 Å². The van der Waals surface area contributed by atoms with Crippen LogP contribution in [0.3, 0.4) is 0 Å². The fourth-order valence-electron chi connectivity index (χ4n) is 1.77. The summed E-state index contributed by atoms with van der Waals surface area (Å²) in [6, 6.07) is 11.0. The average Bonchev–Trinajstić information content (AvgIpc) is 2.50. The van der Waals surface area contributed by atoms with Gasteiger partial charge in [-0.1, -0.05) is 0 Å². The largest absolute Gasteiger partial charge is 0.503 e. The third-order valence-electron chi connectivity index (χ3n) is 2.78. The van der Waals surface area contributed by atoms with Gasteiger partial charge in [-0.15, -0.1) is 0 Å². The van der Waals surface area contributed by atoms with E-state index in [9.17, 15) is 5.11 Å². The van der Waals surface area contributed by atoms with E-state index in [2.05, 4.69) is 20.9 Å². The summed E-state index contributed by atoms with van der Waals surface area (Å²) < 4.78 is 11.0. The standard InChI is InChI=1S/C16H16BrNO3/c1-3-21-13-6-4-12(5-7-13)18-10-11-8-14(17)16(19)15(9-11)20-2/h4-10,19H,3H2,1-2H3. The number of hydrogen-bond donors (Lipinski definition) is 1. The molecule has 0 bridgehead atoms. The molecular formula is C16H16BrNO3. The summed E-state index contributed by atoms with van der Waals surface area (Å²) in [6.07, 6.45) is 1.71. The molecule has 0 spiro atoms. The number of ether oxygens (including phenoxy) is 2. The molecule has 0 saturated carbocycles. The van der Waals surface area contributed by atoms with Gasteiger partial charge in [0.1, 0.15) is 5.75 Å². The predicted octanol–water partition coefficient (Wildman–Crippen LogP) is 4.31. The zero-order chi connectivity index (χ0) is 15.2. The minimum atomic E-state index is 0.0794. The molecule has 0 unspecified atom stereocenters. The Morgan fingerprint density at radius 1 is 1.24 bits per heavy atom. The van der Waals surface area contributed by atoms with Crippen LogP contribution in [0, 0.1) is 0 Å². The first-order valence-corrected chi connectivity index (χ1v) is 7.26. The predicted molar refractivity (Wildman–Crippen MR) is 87.2 cm³/mol. The molecule has 2 rings (SSSR count). The first kappa shape index (κ1) is 15.4. The smallest absolute Gasteiger partial charge is 0.172 e. The van der Waals surface area contributed by atoms with Crippen LogP contribution < -0.4 is 9.47 Å². The normalized spacial score (nSPS) is 10.8. The van der Waals surface area contributed by atoms with E-state index < -0.39 is 0 Å². The van der Waals surface area contributed by atoms with Crippen molar-refractivity contribution in [3.63, 3.8) is 0 Å². The molecule has 0 atom stereocenters. The summed E-state index contributed by atoms with van der Waals surface area (Å²) in [6.45, 7) is 2.59. The molecule has 0 amide bonds. The molecule has 0 aliphatic carbocycles. The topological polar surface area (TPSA) is 51.0 Å². The highest BCUT2D eigenvalue weighted by Crippen LogP contribution is 2.34. The maximum Gasteiger partial charge on any atom is 0.172 e. The number of phenolic OH excluding ortho intramolecular Hbond substituents is 1. The minimum Gasteiger partial charge on any atom is -0.503 e. The number of hydrogen-bond acceptors (Lipinski definition) is 4. The van der Waals surface area contributed by atoms with Crippen molar-refractivity contribution in [2.45, 2.75) is 6.92 Å². The first-order chi connectivity index (χ1) is 10.1. The second-order valence-electron chi connectivity index (χ2n) is 4.24. The van der Waals surface area contributed by atoms with Gasteiger partial charge in [-0.2, -0.15) is 0 Å². The minimum absolute atomic E-state index is 0.0794. The lowest BCUT2D eigenvalue weighted by Crippen LogP contribution is -1.90. The second kappa shape index (κ2) is 7.13. The van der Waals surface area contributed by atoms with E-state index in [1.54, 1.807) is 18.3 Å². The van der Waals surface area contributed by atoms with Gasteiger partial charge in [0.2, 0.25) is 0 Å². The Kier molecular flexibility index (Phi) is 5.22. The summed E-state index contributed by atoms with van der Waals surface area (Å²) in [4.78, 5) is 4.39. The van der Waals surface area contributed by atoms with E-state index in [1.165, 1.54) is 7.11 Å². The van der Waals surface area contributed by atoms with Gasteiger partial charge in [-0.3, -0.25) is 4.99 Å². The Bertz CT molecular complexity index is 639.